The molecule has 9 nitrogen and oxygen atoms in total. The number of esters is 1. The molecule has 0 atom stereocenters. The minimum Gasteiger partial charge on any atom is -0.460 e. The molecule has 2 amide bonds. The predicted molar refractivity (Wildman–Crippen MR) is 147 cm³/mol. The van der Waals surface area contributed by atoms with Gasteiger partial charge >= 0.3 is 5.97 Å². The van der Waals surface area contributed by atoms with Gasteiger partial charge < -0.3 is 18.6 Å². The number of imide groups is 1. The van der Waals surface area contributed by atoms with E-state index in [-0.39, 0.29) is 45.7 Å². The lowest BCUT2D eigenvalue weighted by Crippen LogP contribution is -2.31. The number of fused-ring (bicyclic) bond motifs is 2. The molecule has 0 radical (unpaired) electrons. The number of rotatable bonds is 8. The molecule has 1 aliphatic rings. The maximum atomic E-state index is 13.0. The summed E-state index contributed by atoms with van der Waals surface area (Å²) in [5.41, 5.74) is 1.87. The van der Waals surface area contributed by atoms with E-state index in [1.807, 2.05) is 13.8 Å². The van der Waals surface area contributed by atoms with E-state index in [0.717, 1.165) is 16.0 Å². The van der Waals surface area contributed by atoms with Crippen molar-refractivity contribution in [2.24, 2.45) is 0 Å². The third-order valence-corrected chi connectivity index (χ3v) is 7.10. The van der Waals surface area contributed by atoms with E-state index in [4.69, 9.17) is 30.2 Å². The van der Waals surface area contributed by atoms with Gasteiger partial charge in [-0.05, 0) is 73.9 Å². The zero-order valence-electron chi connectivity index (χ0n) is 21.9. The molecule has 5 rings (SSSR count). The van der Waals surface area contributed by atoms with Crippen molar-refractivity contribution in [2.45, 2.75) is 20.3 Å². The molecule has 0 bridgehead atoms. The van der Waals surface area contributed by atoms with Crippen LogP contribution in [-0.2, 0) is 4.74 Å². The monoisotopic (exact) mass is 561 g/mol. The third-order valence-electron chi connectivity index (χ3n) is 6.50. The van der Waals surface area contributed by atoms with E-state index < -0.39 is 23.2 Å². The second kappa shape index (κ2) is 11.0. The van der Waals surface area contributed by atoms with E-state index >= 15 is 0 Å². The fraction of sp³-hybridized carbons (Fsp3) is 0.200. The summed E-state index contributed by atoms with van der Waals surface area (Å²) < 4.78 is 21.8. The first kappa shape index (κ1) is 27.1. The van der Waals surface area contributed by atoms with Crippen molar-refractivity contribution in [3.8, 4) is 17.2 Å². The van der Waals surface area contributed by atoms with Gasteiger partial charge in [0.1, 0.15) is 23.3 Å². The van der Waals surface area contributed by atoms with Crippen LogP contribution in [0, 0.1) is 13.8 Å². The van der Waals surface area contributed by atoms with Crippen LogP contribution in [0.3, 0.4) is 0 Å². The van der Waals surface area contributed by atoms with Gasteiger partial charge in [-0.25, -0.2) is 4.79 Å². The maximum absolute atomic E-state index is 13.0. The minimum absolute atomic E-state index is 0.00742. The first-order valence-electron chi connectivity index (χ1n) is 12.4. The van der Waals surface area contributed by atoms with Gasteiger partial charge in [-0.2, -0.15) is 0 Å². The Morgan fingerprint density at radius 2 is 1.65 bits per heavy atom. The molecular formula is C30H24ClNO8. The summed E-state index contributed by atoms with van der Waals surface area (Å²) in [5, 5.41) is 0.856. The highest BCUT2D eigenvalue weighted by Crippen LogP contribution is 2.30. The lowest BCUT2D eigenvalue weighted by atomic mass is 10.1. The molecule has 40 heavy (non-hydrogen) atoms. The van der Waals surface area contributed by atoms with Crippen molar-refractivity contribution >= 4 is 40.4 Å². The van der Waals surface area contributed by atoms with Crippen LogP contribution in [0.1, 0.15) is 48.6 Å². The first-order chi connectivity index (χ1) is 19.2. The van der Waals surface area contributed by atoms with Crippen LogP contribution in [0.5, 0.6) is 17.2 Å². The second-order valence-corrected chi connectivity index (χ2v) is 9.70. The first-order valence-corrected chi connectivity index (χ1v) is 12.8. The van der Waals surface area contributed by atoms with Crippen molar-refractivity contribution in [2.75, 3.05) is 20.3 Å². The molecule has 0 N–H and O–H groups in total. The van der Waals surface area contributed by atoms with Crippen LogP contribution in [0.15, 0.2) is 64.0 Å². The van der Waals surface area contributed by atoms with E-state index in [1.54, 1.807) is 19.2 Å². The Bertz CT molecular complexity index is 1720. The maximum Gasteiger partial charge on any atom is 0.343 e. The summed E-state index contributed by atoms with van der Waals surface area (Å²) in [5.74, 6) is -1.06. The molecule has 1 aliphatic heterocycles. The van der Waals surface area contributed by atoms with Gasteiger partial charge in [0.05, 0.1) is 22.1 Å². The van der Waals surface area contributed by atoms with Gasteiger partial charge in [-0.15, -0.1) is 0 Å². The Morgan fingerprint density at radius 1 is 0.925 bits per heavy atom. The summed E-state index contributed by atoms with van der Waals surface area (Å²) in [4.78, 5) is 52.4. The number of halogens is 1. The number of carbonyl (C=O) groups is 3. The molecule has 10 heteroatoms. The normalized spacial score (nSPS) is 12.7. The smallest absolute Gasteiger partial charge is 0.343 e. The average Bonchev–Trinajstić information content (AvgIpc) is 3.17. The number of methoxy groups -OCH3 is 1. The van der Waals surface area contributed by atoms with E-state index in [2.05, 4.69) is 0 Å². The quantitative estimate of drug-likeness (QED) is 0.116. The van der Waals surface area contributed by atoms with E-state index in [1.165, 1.54) is 42.7 Å². The number of aryl methyl sites for hydroxylation is 2. The lowest BCUT2D eigenvalue weighted by molar-refractivity contribution is 0.0638. The molecule has 4 aromatic rings. The van der Waals surface area contributed by atoms with Crippen molar-refractivity contribution in [1.82, 2.24) is 4.90 Å². The van der Waals surface area contributed by atoms with Gasteiger partial charge in [0.2, 0.25) is 11.2 Å². The van der Waals surface area contributed by atoms with Gasteiger partial charge in [0.25, 0.3) is 11.8 Å². The van der Waals surface area contributed by atoms with Crippen molar-refractivity contribution in [3.63, 3.8) is 0 Å². The summed E-state index contributed by atoms with van der Waals surface area (Å²) in [7, 11) is 1.54. The van der Waals surface area contributed by atoms with E-state index in [9.17, 15) is 19.2 Å². The molecule has 0 spiro atoms. The largest absolute Gasteiger partial charge is 0.460 e. The second-order valence-electron chi connectivity index (χ2n) is 9.32. The highest BCUT2D eigenvalue weighted by atomic mass is 35.5. The molecule has 0 aliphatic carbocycles. The van der Waals surface area contributed by atoms with Crippen LogP contribution in [0.4, 0.5) is 0 Å². The van der Waals surface area contributed by atoms with Gasteiger partial charge in [-0.3, -0.25) is 19.3 Å². The fourth-order valence-electron chi connectivity index (χ4n) is 4.47. The highest BCUT2D eigenvalue weighted by Gasteiger charge is 2.35. The standard InChI is InChI=1S/C30H24ClNO8/c1-16-11-20(12-17(2)26(16)31)39-25-15-38-24-14-19(6-8-22(24)27(25)33)40-30(36)18-5-7-21-23(13-18)29(35)32(28(21)34)9-4-10-37-3/h5-8,11-15H,4,9-10H2,1-3H3. The summed E-state index contributed by atoms with van der Waals surface area (Å²) in [6.45, 7) is 4.31. The molecule has 3 aromatic carbocycles. The summed E-state index contributed by atoms with van der Waals surface area (Å²) in [6.07, 6.45) is 1.69. The minimum atomic E-state index is -0.740. The van der Waals surface area contributed by atoms with Crippen molar-refractivity contribution in [1.29, 1.82) is 0 Å². The summed E-state index contributed by atoms with van der Waals surface area (Å²) in [6, 6.07) is 12.0. The molecule has 2 heterocycles. The van der Waals surface area contributed by atoms with Crippen LogP contribution >= 0.6 is 11.6 Å². The zero-order chi connectivity index (χ0) is 28.6. The number of hydrogen-bond donors (Lipinski definition) is 0. The number of amides is 2. The molecule has 0 fully saturated rings. The molecule has 0 unspecified atom stereocenters. The van der Waals surface area contributed by atoms with Crippen molar-refractivity contribution < 1.29 is 33.0 Å². The number of benzene rings is 3. The lowest BCUT2D eigenvalue weighted by Gasteiger charge is -2.12. The Labute approximate surface area is 233 Å². The van der Waals surface area contributed by atoms with Gasteiger partial charge in [0, 0.05) is 31.4 Å². The van der Waals surface area contributed by atoms with Crippen LogP contribution in [0.2, 0.25) is 5.02 Å². The topological polar surface area (TPSA) is 112 Å². The van der Waals surface area contributed by atoms with Gasteiger partial charge in [0.15, 0.2) is 0 Å². The Kier molecular flexibility index (Phi) is 7.42. The Morgan fingerprint density at radius 3 is 2.38 bits per heavy atom. The third kappa shape index (κ3) is 5.09. The molecule has 204 valence electrons. The molecule has 1 aromatic heterocycles. The number of carbonyl (C=O) groups excluding carboxylic acids is 3. The molecular weight excluding hydrogens is 538 g/mol. The molecule has 0 saturated heterocycles. The van der Waals surface area contributed by atoms with E-state index in [0.29, 0.717) is 23.8 Å². The Hall–Kier alpha value is -4.47. The number of hydrogen-bond acceptors (Lipinski definition) is 8. The fourth-order valence-corrected chi connectivity index (χ4v) is 4.58. The number of nitrogens with zero attached hydrogens (tertiary/aromatic N) is 1. The predicted octanol–water partition coefficient (Wildman–Crippen LogP) is 5.71. The summed E-state index contributed by atoms with van der Waals surface area (Å²) >= 11 is 6.21. The van der Waals surface area contributed by atoms with Crippen LogP contribution in [0.25, 0.3) is 11.0 Å². The average molecular weight is 562 g/mol. The number of ether oxygens (including phenoxy) is 3. The van der Waals surface area contributed by atoms with Crippen molar-refractivity contribution in [3.05, 3.63) is 97.9 Å². The highest BCUT2D eigenvalue weighted by molar-refractivity contribution is 6.32. The van der Waals surface area contributed by atoms with Gasteiger partial charge in [-0.1, -0.05) is 11.6 Å². The molecule has 0 saturated carbocycles. The van der Waals surface area contributed by atoms with Crippen LogP contribution in [-0.4, -0.2) is 42.9 Å². The zero-order valence-corrected chi connectivity index (χ0v) is 22.7. The SMILES string of the molecule is COCCCN1C(=O)c2ccc(C(=O)Oc3ccc4c(=O)c(Oc5cc(C)c(Cl)c(C)c5)coc4c3)cc2C1=O. The Balaban J connectivity index is 1.33. The van der Waals surface area contributed by atoms with Crippen LogP contribution < -0.4 is 14.9 Å².